The number of likely N-dealkylation sites (tertiary alicyclic amines) is 1. The Morgan fingerprint density at radius 3 is 2.92 bits per heavy atom. The number of anilines is 1. The summed E-state index contributed by atoms with van der Waals surface area (Å²) >= 11 is 0. The average Bonchev–Trinajstić information content (AvgIpc) is 3.31. The zero-order chi connectivity index (χ0) is 17.2. The van der Waals surface area contributed by atoms with Crippen LogP contribution in [-0.4, -0.2) is 50.3 Å². The number of rotatable bonds is 5. The van der Waals surface area contributed by atoms with Gasteiger partial charge in [0.05, 0.1) is 5.39 Å². The number of nitrogens with zero attached hydrogens (tertiary/aromatic N) is 3. The van der Waals surface area contributed by atoms with E-state index >= 15 is 0 Å². The smallest absolute Gasteiger partial charge is 0.143 e. The summed E-state index contributed by atoms with van der Waals surface area (Å²) in [4.78, 5) is 14.3. The van der Waals surface area contributed by atoms with Crippen LogP contribution in [0.2, 0.25) is 0 Å². The monoisotopic (exact) mass is 341 g/mol. The first-order valence-corrected chi connectivity index (χ1v) is 9.39. The van der Waals surface area contributed by atoms with Gasteiger partial charge in [0.25, 0.3) is 0 Å². The van der Waals surface area contributed by atoms with Crippen molar-refractivity contribution in [1.82, 2.24) is 19.9 Å². The minimum Gasteiger partial charge on any atom is -0.375 e. The van der Waals surface area contributed by atoms with E-state index < -0.39 is 6.23 Å². The average molecular weight is 341 g/mol. The molecule has 1 aliphatic heterocycles. The van der Waals surface area contributed by atoms with Gasteiger partial charge in [-0.3, -0.25) is 4.90 Å². The fraction of sp³-hybridized carbons (Fsp3) is 0.579. The molecule has 3 N–H and O–H groups in total. The summed E-state index contributed by atoms with van der Waals surface area (Å²) in [5, 5.41) is 14.8. The van der Waals surface area contributed by atoms with Gasteiger partial charge in [0, 0.05) is 25.3 Å². The molecule has 2 fully saturated rings. The second-order valence-electron chi connectivity index (χ2n) is 7.30. The van der Waals surface area contributed by atoms with Crippen molar-refractivity contribution in [3.8, 4) is 0 Å². The fourth-order valence-electron chi connectivity index (χ4n) is 4.36. The van der Waals surface area contributed by atoms with Crippen LogP contribution in [-0.2, 0) is 0 Å². The molecule has 2 atom stereocenters. The fourth-order valence-corrected chi connectivity index (χ4v) is 4.36. The topological polar surface area (TPSA) is 77.1 Å². The molecule has 2 aliphatic rings. The lowest BCUT2D eigenvalue weighted by molar-refractivity contribution is 0.0251. The predicted molar refractivity (Wildman–Crippen MR) is 99.5 cm³/mol. The Hall–Kier alpha value is -1.92. The van der Waals surface area contributed by atoms with Gasteiger partial charge in [-0.25, -0.2) is 9.97 Å². The van der Waals surface area contributed by atoms with E-state index in [2.05, 4.69) is 37.9 Å². The van der Waals surface area contributed by atoms with E-state index in [1.54, 1.807) is 12.4 Å². The molecule has 3 heterocycles. The molecule has 25 heavy (non-hydrogen) atoms. The largest absolute Gasteiger partial charge is 0.375 e. The Kier molecular flexibility index (Phi) is 4.72. The highest BCUT2D eigenvalue weighted by atomic mass is 16.3. The lowest BCUT2D eigenvalue weighted by Crippen LogP contribution is -2.46. The Balaban J connectivity index is 1.58. The molecule has 2 aromatic rings. The first-order valence-electron chi connectivity index (χ1n) is 9.39. The number of hydrogen-bond acceptors (Lipinski definition) is 5. The molecule has 1 unspecified atom stereocenters. The van der Waals surface area contributed by atoms with Crippen LogP contribution >= 0.6 is 0 Å². The van der Waals surface area contributed by atoms with Gasteiger partial charge in [0.2, 0.25) is 0 Å². The van der Waals surface area contributed by atoms with Crippen LogP contribution in [0.1, 0.15) is 50.0 Å². The maximum Gasteiger partial charge on any atom is 0.143 e. The molecule has 1 saturated heterocycles. The van der Waals surface area contributed by atoms with Gasteiger partial charge in [-0.15, -0.1) is 0 Å². The lowest BCUT2D eigenvalue weighted by atomic mass is 9.97. The molecule has 1 aliphatic carbocycles. The summed E-state index contributed by atoms with van der Waals surface area (Å²) in [5.74, 6) is 1.54. The molecule has 6 heteroatoms. The Labute approximate surface area is 148 Å². The van der Waals surface area contributed by atoms with E-state index in [-0.39, 0.29) is 6.04 Å². The number of aliphatic hydroxyl groups is 1. The van der Waals surface area contributed by atoms with Crippen LogP contribution < -0.4 is 5.32 Å². The highest BCUT2D eigenvalue weighted by Crippen LogP contribution is 2.39. The predicted octanol–water partition coefficient (Wildman–Crippen LogP) is 3.00. The molecule has 4 rings (SSSR count). The van der Waals surface area contributed by atoms with Gasteiger partial charge in [-0.05, 0) is 43.2 Å². The van der Waals surface area contributed by atoms with Crippen LogP contribution in [0, 0.1) is 0 Å². The first kappa shape index (κ1) is 16.5. The quantitative estimate of drug-likeness (QED) is 0.729. The molecule has 0 spiro atoms. The molecule has 1 saturated carbocycles. The van der Waals surface area contributed by atoms with E-state index in [4.69, 9.17) is 0 Å². The van der Waals surface area contributed by atoms with E-state index in [0.717, 1.165) is 42.8 Å². The number of aromatic amines is 1. The Bertz CT molecular complexity index is 736. The number of piperidine rings is 1. The number of hydrogen-bond donors (Lipinski definition) is 3. The van der Waals surface area contributed by atoms with Gasteiger partial charge < -0.3 is 15.4 Å². The van der Waals surface area contributed by atoms with Crippen molar-refractivity contribution >= 4 is 16.9 Å². The molecule has 6 nitrogen and oxygen atoms in total. The summed E-state index contributed by atoms with van der Waals surface area (Å²) in [5.41, 5.74) is 2.27. The number of fused-ring (bicyclic) bond motifs is 1. The number of nitrogens with one attached hydrogen (secondary N) is 2. The lowest BCUT2D eigenvalue weighted by Gasteiger charge is -2.35. The van der Waals surface area contributed by atoms with E-state index in [1.807, 2.05) is 0 Å². The maximum absolute atomic E-state index is 10.0. The summed E-state index contributed by atoms with van der Waals surface area (Å²) in [6.07, 6.45) is 12.0. The van der Waals surface area contributed by atoms with Crippen molar-refractivity contribution < 1.29 is 5.11 Å². The summed E-state index contributed by atoms with van der Waals surface area (Å²) in [6, 6.07) is 0.271. The van der Waals surface area contributed by atoms with Gasteiger partial charge >= 0.3 is 0 Å². The van der Waals surface area contributed by atoms with E-state index in [9.17, 15) is 5.11 Å². The van der Waals surface area contributed by atoms with Crippen molar-refractivity contribution in [1.29, 1.82) is 0 Å². The highest BCUT2D eigenvalue weighted by Gasteiger charge is 2.26. The van der Waals surface area contributed by atoms with Crippen LogP contribution in [0.5, 0.6) is 0 Å². The van der Waals surface area contributed by atoms with E-state index in [1.165, 1.54) is 31.2 Å². The Morgan fingerprint density at radius 2 is 2.12 bits per heavy atom. The molecule has 0 radical (unpaired) electrons. The summed E-state index contributed by atoms with van der Waals surface area (Å²) in [7, 11) is 0. The van der Waals surface area contributed by atoms with Crippen molar-refractivity contribution in [2.75, 3.05) is 18.4 Å². The van der Waals surface area contributed by atoms with Crippen molar-refractivity contribution in [2.45, 2.75) is 56.7 Å². The molecular formula is C19H27N5O. The molecule has 0 bridgehead atoms. The summed E-state index contributed by atoms with van der Waals surface area (Å²) in [6.45, 7) is 5.40. The standard InChI is InChI=1S/C19H27N5O/c1-2-16(25)24-9-5-8-14(11-24)23-19-17-15(13-6-3-4-7-13)10-20-18(17)21-12-22-19/h2,10,12-14,16,25H,1,3-9,11H2,(H2,20,21,22,23)/t14-,16?/m1/s1. The highest BCUT2D eigenvalue weighted by molar-refractivity contribution is 5.91. The normalized spacial score (nSPS) is 23.8. The number of aliphatic hydroxyl groups excluding tert-OH is 1. The van der Waals surface area contributed by atoms with Crippen molar-refractivity contribution in [3.05, 3.63) is 30.7 Å². The zero-order valence-corrected chi connectivity index (χ0v) is 14.6. The van der Waals surface area contributed by atoms with Gasteiger partial charge in [0.1, 0.15) is 24.0 Å². The maximum atomic E-state index is 10.0. The molecule has 0 aromatic carbocycles. The molecule has 134 valence electrons. The third-order valence-corrected chi connectivity index (χ3v) is 5.67. The van der Waals surface area contributed by atoms with Crippen molar-refractivity contribution in [3.63, 3.8) is 0 Å². The van der Waals surface area contributed by atoms with Crippen LogP contribution in [0.15, 0.2) is 25.2 Å². The van der Waals surface area contributed by atoms with E-state index in [0.29, 0.717) is 5.92 Å². The second kappa shape index (κ2) is 7.14. The summed E-state index contributed by atoms with van der Waals surface area (Å²) < 4.78 is 0. The third kappa shape index (κ3) is 3.28. The van der Waals surface area contributed by atoms with Gasteiger partial charge in [-0.1, -0.05) is 19.4 Å². The van der Waals surface area contributed by atoms with Crippen LogP contribution in [0.3, 0.4) is 0 Å². The Morgan fingerprint density at radius 1 is 1.28 bits per heavy atom. The molecule has 0 amide bonds. The minimum absolute atomic E-state index is 0.271. The van der Waals surface area contributed by atoms with Crippen LogP contribution in [0.4, 0.5) is 5.82 Å². The number of H-pyrrole nitrogens is 1. The molecular weight excluding hydrogens is 314 g/mol. The SMILES string of the molecule is C=CC(O)N1CCC[C@@H](Nc2ncnc3[nH]cc(C4CCCC4)c23)C1. The third-order valence-electron chi connectivity index (χ3n) is 5.67. The van der Waals surface area contributed by atoms with Gasteiger partial charge in [-0.2, -0.15) is 0 Å². The van der Waals surface area contributed by atoms with Crippen molar-refractivity contribution in [2.24, 2.45) is 0 Å². The minimum atomic E-state index is -0.573. The van der Waals surface area contributed by atoms with Gasteiger partial charge in [0.15, 0.2) is 0 Å². The number of aromatic nitrogens is 3. The van der Waals surface area contributed by atoms with Crippen LogP contribution in [0.25, 0.3) is 11.0 Å². The second-order valence-corrected chi connectivity index (χ2v) is 7.30. The zero-order valence-electron chi connectivity index (χ0n) is 14.6. The molecule has 2 aromatic heterocycles. The first-order chi connectivity index (χ1) is 12.3.